The summed E-state index contributed by atoms with van der Waals surface area (Å²) in [5.41, 5.74) is 8.46. The van der Waals surface area contributed by atoms with E-state index in [1.54, 1.807) is 37.3 Å². The van der Waals surface area contributed by atoms with Gasteiger partial charge in [-0.3, -0.25) is 0 Å². The van der Waals surface area contributed by atoms with Gasteiger partial charge in [-0.25, -0.2) is 13.1 Å². The molecule has 0 aromatic heterocycles. The second-order valence-corrected chi connectivity index (χ2v) is 7.10. The van der Waals surface area contributed by atoms with E-state index in [1.165, 1.54) is 0 Å². The maximum absolute atomic E-state index is 12.4. The fraction of sp³-hybridized carbons (Fsp3) is 0.200. The number of nitrogens with two attached hydrogens (primary N) is 1. The highest BCUT2D eigenvalue weighted by molar-refractivity contribution is 7.89. The van der Waals surface area contributed by atoms with Gasteiger partial charge in [-0.05, 0) is 54.8 Å². The molecule has 3 N–H and O–H groups in total. The molecule has 0 aliphatic carbocycles. The van der Waals surface area contributed by atoms with Crippen molar-refractivity contribution >= 4 is 27.3 Å². The van der Waals surface area contributed by atoms with Gasteiger partial charge in [-0.15, -0.1) is 0 Å². The van der Waals surface area contributed by atoms with Gasteiger partial charge in [0.25, 0.3) is 0 Å². The van der Waals surface area contributed by atoms with Crippen molar-refractivity contribution in [1.29, 1.82) is 0 Å². The number of rotatable bonds is 4. The van der Waals surface area contributed by atoms with E-state index in [4.69, 9.17) is 17.3 Å². The first-order valence-electron chi connectivity index (χ1n) is 6.40. The third kappa shape index (κ3) is 3.75. The van der Waals surface area contributed by atoms with Gasteiger partial charge in [0, 0.05) is 17.3 Å². The first kappa shape index (κ1) is 15.8. The van der Waals surface area contributed by atoms with Crippen molar-refractivity contribution in [2.75, 3.05) is 5.73 Å². The smallest absolute Gasteiger partial charge is 0.241 e. The molecule has 0 fully saturated rings. The third-order valence-electron chi connectivity index (χ3n) is 3.19. The Hall–Kier alpha value is -1.56. The number of nitrogens with one attached hydrogen (secondary N) is 1. The van der Waals surface area contributed by atoms with Crippen molar-refractivity contribution in [1.82, 2.24) is 4.72 Å². The molecule has 0 aliphatic heterocycles. The highest BCUT2D eigenvalue weighted by atomic mass is 35.5. The molecule has 21 heavy (non-hydrogen) atoms. The molecule has 2 aromatic carbocycles. The Morgan fingerprint density at radius 1 is 1.19 bits per heavy atom. The molecule has 0 atom stereocenters. The second kappa shape index (κ2) is 6.05. The summed E-state index contributed by atoms with van der Waals surface area (Å²) < 4.78 is 27.4. The molecule has 0 radical (unpaired) electrons. The number of benzene rings is 2. The Bertz CT molecular complexity index is 773. The molecular formula is C15H17ClN2O2S. The van der Waals surface area contributed by atoms with E-state index in [1.807, 2.05) is 13.0 Å². The summed E-state index contributed by atoms with van der Waals surface area (Å²) in [6.45, 7) is 3.69. The summed E-state index contributed by atoms with van der Waals surface area (Å²) in [6.07, 6.45) is 0. The van der Waals surface area contributed by atoms with Crippen LogP contribution < -0.4 is 10.5 Å². The van der Waals surface area contributed by atoms with Crippen LogP contribution in [0.2, 0.25) is 5.02 Å². The first-order valence-corrected chi connectivity index (χ1v) is 8.26. The predicted molar refractivity (Wildman–Crippen MR) is 85.8 cm³/mol. The van der Waals surface area contributed by atoms with Crippen LogP contribution in [0, 0.1) is 13.8 Å². The number of anilines is 1. The van der Waals surface area contributed by atoms with Crippen LogP contribution in [-0.4, -0.2) is 8.42 Å². The van der Waals surface area contributed by atoms with Crippen molar-refractivity contribution in [2.45, 2.75) is 25.3 Å². The molecule has 0 bridgehead atoms. The monoisotopic (exact) mass is 324 g/mol. The number of sulfonamides is 1. The first-order chi connectivity index (χ1) is 9.79. The molecule has 0 heterocycles. The average Bonchev–Trinajstić information content (AvgIpc) is 2.41. The lowest BCUT2D eigenvalue weighted by Gasteiger charge is -2.12. The Morgan fingerprint density at radius 3 is 2.57 bits per heavy atom. The summed E-state index contributed by atoms with van der Waals surface area (Å²) in [4.78, 5) is 0.210. The number of hydrogen-bond donors (Lipinski definition) is 2. The SMILES string of the molecule is Cc1cc(N)c(C)c(S(=O)(=O)NCc2cccc(Cl)c2)c1. The van der Waals surface area contributed by atoms with Gasteiger partial charge in [-0.1, -0.05) is 23.7 Å². The largest absolute Gasteiger partial charge is 0.398 e. The van der Waals surface area contributed by atoms with E-state index < -0.39 is 10.0 Å². The lowest BCUT2D eigenvalue weighted by Crippen LogP contribution is -2.24. The fourth-order valence-corrected chi connectivity index (χ4v) is 3.62. The van der Waals surface area contributed by atoms with Gasteiger partial charge in [0.2, 0.25) is 10.0 Å². The van der Waals surface area contributed by atoms with Gasteiger partial charge in [0.05, 0.1) is 4.90 Å². The van der Waals surface area contributed by atoms with E-state index in [-0.39, 0.29) is 11.4 Å². The van der Waals surface area contributed by atoms with Crippen LogP contribution in [0.4, 0.5) is 5.69 Å². The van der Waals surface area contributed by atoms with E-state index >= 15 is 0 Å². The van der Waals surface area contributed by atoms with Crippen molar-refractivity contribution < 1.29 is 8.42 Å². The molecule has 0 unspecified atom stereocenters. The highest BCUT2D eigenvalue weighted by Gasteiger charge is 2.18. The van der Waals surface area contributed by atoms with E-state index in [0.29, 0.717) is 16.3 Å². The molecule has 2 rings (SSSR count). The van der Waals surface area contributed by atoms with Crippen molar-refractivity contribution in [3.8, 4) is 0 Å². The molecule has 0 spiro atoms. The van der Waals surface area contributed by atoms with Crippen LogP contribution in [0.15, 0.2) is 41.3 Å². The minimum Gasteiger partial charge on any atom is -0.398 e. The summed E-state index contributed by atoms with van der Waals surface area (Å²) in [5, 5.41) is 0.572. The molecule has 112 valence electrons. The van der Waals surface area contributed by atoms with Crippen LogP contribution >= 0.6 is 11.6 Å². The summed E-state index contributed by atoms with van der Waals surface area (Å²) in [6, 6.07) is 10.4. The normalized spacial score (nSPS) is 11.6. The Balaban J connectivity index is 2.27. The van der Waals surface area contributed by atoms with Crippen LogP contribution in [0.5, 0.6) is 0 Å². The maximum Gasteiger partial charge on any atom is 0.241 e. The van der Waals surface area contributed by atoms with Crippen LogP contribution in [0.1, 0.15) is 16.7 Å². The minimum atomic E-state index is -3.62. The molecule has 0 amide bonds. The maximum atomic E-state index is 12.4. The molecule has 2 aromatic rings. The Labute approximate surface area is 130 Å². The number of halogens is 1. The van der Waals surface area contributed by atoms with Gasteiger partial charge in [0.1, 0.15) is 0 Å². The van der Waals surface area contributed by atoms with Crippen molar-refractivity contribution in [3.63, 3.8) is 0 Å². The molecule has 4 nitrogen and oxygen atoms in total. The Kier molecular flexibility index (Phi) is 4.56. The zero-order valence-electron chi connectivity index (χ0n) is 11.9. The number of hydrogen-bond acceptors (Lipinski definition) is 3. The van der Waals surface area contributed by atoms with E-state index in [2.05, 4.69) is 4.72 Å². The number of nitrogen functional groups attached to an aromatic ring is 1. The lowest BCUT2D eigenvalue weighted by molar-refractivity contribution is 0.580. The van der Waals surface area contributed by atoms with Crippen molar-refractivity contribution in [2.24, 2.45) is 0 Å². The third-order valence-corrected chi connectivity index (χ3v) is 4.95. The zero-order valence-corrected chi connectivity index (χ0v) is 13.4. The lowest BCUT2D eigenvalue weighted by atomic mass is 10.1. The van der Waals surface area contributed by atoms with Gasteiger partial charge in [0.15, 0.2) is 0 Å². The summed E-state index contributed by atoms with van der Waals surface area (Å²) in [5.74, 6) is 0. The number of aryl methyl sites for hydroxylation is 1. The minimum absolute atomic E-state index is 0.177. The molecule has 6 heteroatoms. The topological polar surface area (TPSA) is 72.2 Å². The van der Waals surface area contributed by atoms with E-state index in [0.717, 1.165) is 11.1 Å². The molecule has 0 saturated carbocycles. The average molecular weight is 325 g/mol. The van der Waals surface area contributed by atoms with Crippen LogP contribution in [0.25, 0.3) is 0 Å². The summed E-state index contributed by atoms with van der Waals surface area (Å²) >= 11 is 5.88. The van der Waals surface area contributed by atoms with E-state index in [9.17, 15) is 8.42 Å². The molecule has 0 aliphatic rings. The molecular weight excluding hydrogens is 308 g/mol. The van der Waals surface area contributed by atoms with Crippen molar-refractivity contribution in [3.05, 3.63) is 58.1 Å². The van der Waals surface area contributed by atoms with Gasteiger partial charge >= 0.3 is 0 Å². The highest BCUT2D eigenvalue weighted by Crippen LogP contribution is 2.23. The van der Waals surface area contributed by atoms with Crippen LogP contribution in [-0.2, 0) is 16.6 Å². The second-order valence-electron chi connectivity index (χ2n) is 4.93. The quantitative estimate of drug-likeness (QED) is 0.849. The zero-order chi connectivity index (χ0) is 15.6. The fourth-order valence-electron chi connectivity index (χ4n) is 2.03. The van der Waals surface area contributed by atoms with Gasteiger partial charge in [-0.2, -0.15) is 0 Å². The van der Waals surface area contributed by atoms with Crippen LogP contribution in [0.3, 0.4) is 0 Å². The van der Waals surface area contributed by atoms with Gasteiger partial charge < -0.3 is 5.73 Å². The predicted octanol–water partition coefficient (Wildman–Crippen LogP) is 3.02. The standard InChI is InChI=1S/C15H17ClN2O2S/c1-10-6-14(17)11(2)15(7-10)21(19,20)18-9-12-4-3-5-13(16)8-12/h3-8,18H,9,17H2,1-2H3. The Morgan fingerprint density at radius 2 is 1.90 bits per heavy atom. The summed E-state index contributed by atoms with van der Waals surface area (Å²) in [7, 11) is -3.62. The molecule has 0 saturated heterocycles.